The van der Waals surface area contributed by atoms with E-state index in [9.17, 15) is 4.79 Å². The van der Waals surface area contributed by atoms with Crippen LogP contribution in [-0.4, -0.2) is 61.7 Å². The topological polar surface area (TPSA) is 41.6 Å². The molecule has 16 heavy (non-hydrogen) atoms. The van der Waals surface area contributed by atoms with E-state index in [0.29, 0.717) is 32.2 Å². The van der Waals surface area contributed by atoms with Crippen LogP contribution in [0, 0.1) is 0 Å². The summed E-state index contributed by atoms with van der Waals surface area (Å²) in [5, 5.41) is 3.37. The van der Waals surface area contributed by atoms with Gasteiger partial charge in [-0.15, -0.1) is 0 Å². The molecule has 0 aromatic rings. The molecule has 1 rings (SSSR count). The highest BCUT2D eigenvalue weighted by molar-refractivity contribution is 7.99. The zero-order valence-electron chi connectivity index (χ0n) is 10.2. The van der Waals surface area contributed by atoms with Crippen molar-refractivity contribution in [2.75, 3.05) is 44.9 Å². The maximum Gasteiger partial charge on any atom is 0.223 e. The predicted octanol–water partition coefficient (Wildman–Crippen LogP) is 0.576. The summed E-state index contributed by atoms with van der Waals surface area (Å²) in [4.78, 5) is 13.6. The lowest BCUT2D eigenvalue weighted by Gasteiger charge is -2.25. The number of hydrogen-bond donors (Lipinski definition) is 1. The summed E-state index contributed by atoms with van der Waals surface area (Å²) in [6, 6.07) is 0.348. The molecule has 0 spiro atoms. The van der Waals surface area contributed by atoms with Crippen molar-refractivity contribution in [2.45, 2.75) is 19.4 Å². The van der Waals surface area contributed by atoms with Gasteiger partial charge in [0.15, 0.2) is 0 Å². The SMILES string of the molecule is CCOCCN(C)C(=O)CC1CSCCN1. The average Bonchev–Trinajstić information content (AvgIpc) is 2.30. The van der Waals surface area contributed by atoms with Crippen molar-refractivity contribution in [1.82, 2.24) is 10.2 Å². The van der Waals surface area contributed by atoms with E-state index in [2.05, 4.69) is 5.32 Å². The number of nitrogens with zero attached hydrogens (tertiary/aromatic N) is 1. The summed E-state index contributed by atoms with van der Waals surface area (Å²) in [5.74, 6) is 2.41. The predicted molar refractivity (Wildman–Crippen MR) is 67.9 cm³/mol. The van der Waals surface area contributed by atoms with Gasteiger partial charge in [-0.2, -0.15) is 11.8 Å². The monoisotopic (exact) mass is 246 g/mol. The second kappa shape index (κ2) is 7.92. The van der Waals surface area contributed by atoms with Gasteiger partial charge in [0, 0.05) is 50.7 Å². The number of carbonyl (C=O) groups excluding carboxylic acids is 1. The lowest BCUT2D eigenvalue weighted by molar-refractivity contribution is -0.131. The van der Waals surface area contributed by atoms with Gasteiger partial charge in [-0.25, -0.2) is 0 Å². The largest absolute Gasteiger partial charge is 0.380 e. The highest BCUT2D eigenvalue weighted by Crippen LogP contribution is 2.10. The normalized spacial score (nSPS) is 20.8. The first-order chi connectivity index (χ1) is 7.74. The van der Waals surface area contributed by atoms with Crippen LogP contribution in [0.5, 0.6) is 0 Å². The van der Waals surface area contributed by atoms with Crippen molar-refractivity contribution in [3.63, 3.8) is 0 Å². The lowest BCUT2D eigenvalue weighted by Crippen LogP contribution is -2.42. The Balaban J connectivity index is 2.16. The van der Waals surface area contributed by atoms with Gasteiger partial charge in [0.2, 0.25) is 5.91 Å². The van der Waals surface area contributed by atoms with Crippen molar-refractivity contribution in [2.24, 2.45) is 0 Å². The van der Waals surface area contributed by atoms with Gasteiger partial charge in [-0.05, 0) is 6.92 Å². The zero-order valence-corrected chi connectivity index (χ0v) is 11.0. The van der Waals surface area contributed by atoms with E-state index in [1.807, 2.05) is 25.7 Å². The van der Waals surface area contributed by atoms with Crippen molar-refractivity contribution in [3.8, 4) is 0 Å². The van der Waals surface area contributed by atoms with Crippen LogP contribution in [0.15, 0.2) is 0 Å². The Morgan fingerprint density at radius 2 is 2.44 bits per heavy atom. The molecule has 0 aliphatic carbocycles. The molecule has 94 valence electrons. The fourth-order valence-corrected chi connectivity index (χ4v) is 2.54. The molecule has 0 bridgehead atoms. The first-order valence-electron chi connectivity index (χ1n) is 5.87. The van der Waals surface area contributed by atoms with E-state index in [4.69, 9.17) is 4.74 Å². The van der Waals surface area contributed by atoms with E-state index in [0.717, 1.165) is 18.1 Å². The quantitative estimate of drug-likeness (QED) is 0.696. The Kier molecular flexibility index (Phi) is 6.84. The van der Waals surface area contributed by atoms with Crippen LogP contribution in [0.25, 0.3) is 0 Å². The number of hydrogen-bond acceptors (Lipinski definition) is 4. The number of ether oxygens (including phenoxy) is 1. The van der Waals surface area contributed by atoms with Gasteiger partial charge in [-0.1, -0.05) is 0 Å². The highest BCUT2D eigenvalue weighted by atomic mass is 32.2. The zero-order chi connectivity index (χ0) is 11.8. The fraction of sp³-hybridized carbons (Fsp3) is 0.909. The smallest absolute Gasteiger partial charge is 0.223 e. The summed E-state index contributed by atoms with van der Waals surface area (Å²) in [5.41, 5.74) is 0. The Morgan fingerprint density at radius 1 is 1.62 bits per heavy atom. The summed E-state index contributed by atoms with van der Waals surface area (Å²) in [6.07, 6.45) is 0.607. The van der Waals surface area contributed by atoms with Crippen molar-refractivity contribution < 1.29 is 9.53 Å². The van der Waals surface area contributed by atoms with Gasteiger partial charge in [-0.3, -0.25) is 4.79 Å². The van der Waals surface area contributed by atoms with Crippen LogP contribution in [-0.2, 0) is 9.53 Å². The molecule has 1 aliphatic rings. The Labute approximate surface area is 102 Å². The van der Waals surface area contributed by atoms with E-state index in [1.54, 1.807) is 4.90 Å². The molecule has 1 unspecified atom stereocenters. The molecule has 1 saturated heterocycles. The molecule has 0 aromatic carbocycles. The van der Waals surface area contributed by atoms with E-state index in [1.165, 1.54) is 0 Å². The standard InChI is InChI=1S/C11H22N2O2S/c1-3-15-6-5-13(2)11(14)8-10-9-16-7-4-12-10/h10,12H,3-9H2,1-2H3. The molecule has 0 saturated carbocycles. The lowest BCUT2D eigenvalue weighted by atomic mass is 10.2. The van der Waals surface area contributed by atoms with Crippen LogP contribution in [0.4, 0.5) is 0 Å². The summed E-state index contributed by atoms with van der Waals surface area (Å²) in [6.45, 7) is 5.01. The minimum Gasteiger partial charge on any atom is -0.380 e. The third-order valence-corrected chi connectivity index (χ3v) is 3.75. The molecular formula is C11H22N2O2S. The minimum absolute atomic E-state index is 0.208. The molecule has 1 heterocycles. The van der Waals surface area contributed by atoms with Gasteiger partial charge < -0.3 is 15.0 Å². The maximum atomic E-state index is 11.8. The molecule has 0 aromatic heterocycles. The van der Waals surface area contributed by atoms with Gasteiger partial charge in [0.05, 0.1) is 6.61 Å². The molecular weight excluding hydrogens is 224 g/mol. The molecule has 1 amide bonds. The van der Waals surface area contributed by atoms with Crippen molar-refractivity contribution in [3.05, 3.63) is 0 Å². The van der Waals surface area contributed by atoms with Crippen LogP contribution in [0.1, 0.15) is 13.3 Å². The molecule has 1 aliphatic heterocycles. The van der Waals surface area contributed by atoms with Crippen LogP contribution >= 0.6 is 11.8 Å². The summed E-state index contributed by atoms with van der Waals surface area (Å²) < 4.78 is 5.23. The third-order valence-electron chi connectivity index (χ3n) is 2.62. The van der Waals surface area contributed by atoms with E-state index in [-0.39, 0.29) is 5.91 Å². The van der Waals surface area contributed by atoms with Crippen LogP contribution in [0.3, 0.4) is 0 Å². The number of rotatable bonds is 6. The first kappa shape index (κ1) is 13.8. The van der Waals surface area contributed by atoms with E-state index >= 15 is 0 Å². The molecule has 4 nitrogen and oxygen atoms in total. The second-order valence-corrected chi connectivity index (χ2v) is 5.09. The molecule has 5 heteroatoms. The molecule has 1 atom stereocenters. The van der Waals surface area contributed by atoms with Gasteiger partial charge in [0.25, 0.3) is 0 Å². The number of amides is 1. The summed E-state index contributed by atoms with van der Waals surface area (Å²) >= 11 is 1.92. The number of nitrogens with one attached hydrogen (secondary N) is 1. The Hall–Kier alpha value is -0.260. The fourth-order valence-electron chi connectivity index (χ4n) is 1.59. The molecule has 1 N–H and O–H groups in total. The van der Waals surface area contributed by atoms with Crippen molar-refractivity contribution in [1.29, 1.82) is 0 Å². The number of carbonyl (C=O) groups is 1. The van der Waals surface area contributed by atoms with Gasteiger partial charge in [0.1, 0.15) is 0 Å². The minimum atomic E-state index is 0.208. The average molecular weight is 246 g/mol. The third kappa shape index (κ3) is 5.18. The second-order valence-electron chi connectivity index (χ2n) is 3.94. The first-order valence-corrected chi connectivity index (χ1v) is 7.02. The molecule has 1 fully saturated rings. The van der Waals surface area contributed by atoms with E-state index < -0.39 is 0 Å². The van der Waals surface area contributed by atoms with Gasteiger partial charge >= 0.3 is 0 Å². The maximum absolute atomic E-state index is 11.8. The van der Waals surface area contributed by atoms with Crippen molar-refractivity contribution >= 4 is 17.7 Å². The Bertz CT molecular complexity index is 208. The Morgan fingerprint density at radius 3 is 3.06 bits per heavy atom. The number of likely N-dealkylation sites (N-methyl/N-ethyl adjacent to an activating group) is 1. The highest BCUT2D eigenvalue weighted by Gasteiger charge is 2.18. The number of thioether (sulfide) groups is 1. The van der Waals surface area contributed by atoms with Crippen LogP contribution < -0.4 is 5.32 Å². The molecule has 0 radical (unpaired) electrons. The summed E-state index contributed by atoms with van der Waals surface area (Å²) in [7, 11) is 1.84. The van der Waals surface area contributed by atoms with Crippen LogP contribution in [0.2, 0.25) is 0 Å².